The van der Waals surface area contributed by atoms with Gasteiger partial charge in [0, 0.05) is 6.54 Å². The van der Waals surface area contributed by atoms with Crippen LogP contribution in [0, 0.1) is 26.6 Å². The zero-order chi connectivity index (χ0) is 20.5. The highest BCUT2D eigenvalue weighted by Crippen LogP contribution is 2.34. The molecule has 0 bridgehead atoms. The van der Waals surface area contributed by atoms with Crippen molar-refractivity contribution >= 4 is 5.91 Å². The summed E-state index contributed by atoms with van der Waals surface area (Å²) in [7, 11) is 0. The van der Waals surface area contributed by atoms with Gasteiger partial charge < -0.3 is 9.42 Å². The molecule has 1 amide bonds. The highest BCUT2D eigenvalue weighted by Gasteiger charge is 2.32. The number of aromatic nitrogens is 3. The number of halogens is 1. The second kappa shape index (κ2) is 7.73. The van der Waals surface area contributed by atoms with Crippen LogP contribution in [0.3, 0.4) is 0 Å². The summed E-state index contributed by atoms with van der Waals surface area (Å²) in [4.78, 5) is 23.9. The number of aryl methyl sites for hydroxylation is 3. The lowest BCUT2D eigenvalue weighted by atomic mass is 10.0. The van der Waals surface area contributed by atoms with Crippen molar-refractivity contribution < 1.29 is 13.7 Å². The van der Waals surface area contributed by atoms with Crippen molar-refractivity contribution in [2.24, 2.45) is 0 Å². The van der Waals surface area contributed by atoms with Crippen LogP contribution in [0.4, 0.5) is 4.39 Å². The Labute approximate surface area is 168 Å². The van der Waals surface area contributed by atoms with E-state index in [0.717, 1.165) is 35.5 Å². The zero-order valence-electron chi connectivity index (χ0n) is 16.8. The van der Waals surface area contributed by atoms with Gasteiger partial charge in [0.25, 0.3) is 0 Å². The van der Waals surface area contributed by atoms with Crippen LogP contribution in [0.1, 0.15) is 47.4 Å². The monoisotopic (exact) mass is 394 g/mol. The molecule has 1 saturated heterocycles. The van der Waals surface area contributed by atoms with E-state index in [0.29, 0.717) is 23.7 Å². The Morgan fingerprint density at radius 3 is 2.76 bits per heavy atom. The highest BCUT2D eigenvalue weighted by atomic mass is 19.1. The molecule has 2 aromatic heterocycles. The molecule has 0 aliphatic carbocycles. The van der Waals surface area contributed by atoms with Crippen LogP contribution in [0.15, 0.2) is 34.9 Å². The van der Waals surface area contributed by atoms with Gasteiger partial charge in [-0.25, -0.2) is 14.4 Å². The smallest absolute Gasteiger partial charge is 0.227 e. The summed E-state index contributed by atoms with van der Waals surface area (Å²) in [5.74, 6) is 0.888. The van der Waals surface area contributed by atoms with Gasteiger partial charge in [0.1, 0.15) is 17.4 Å². The molecule has 1 atom stereocenters. The molecule has 0 saturated carbocycles. The Balaban J connectivity index is 1.64. The van der Waals surface area contributed by atoms with E-state index in [2.05, 4.69) is 15.1 Å². The first-order valence-corrected chi connectivity index (χ1v) is 9.75. The van der Waals surface area contributed by atoms with E-state index in [1.165, 1.54) is 6.07 Å². The summed E-state index contributed by atoms with van der Waals surface area (Å²) < 4.78 is 19.3. The lowest BCUT2D eigenvalue weighted by molar-refractivity contribution is -0.131. The number of hydrogen-bond acceptors (Lipinski definition) is 5. The number of amides is 1. The molecule has 29 heavy (non-hydrogen) atoms. The fourth-order valence-electron chi connectivity index (χ4n) is 4.02. The summed E-state index contributed by atoms with van der Waals surface area (Å²) in [6.45, 7) is 6.21. The summed E-state index contributed by atoms with van der Waals surface area (Å²) in [5.41, 5.74) is 3.59. The SMILES string of the molecule is Cc1nc(-c2c(C)noc2C)cc([C@@H]2CCCN2C(=O)Cc2ccccc2F)n1. The zero-order valence-corrected chi connectivity index (χ0v) is 16.8. The first-order valence-electron chi connectivity index (χ1n) is 9.75. The van der Waals surface area contributed by atoms with Gasteiger partial charge in [0.05, 0.1) is 35.1 Å². The molecule has 3 aromatic rings. The number of hydrogen-bond donors (Lipinski definition) is 0. The van der Waals surface area contributed by atoms with Crippen molar-refractivity contribution in [2.75, 3.05) is 6.54 Å². The maximum Gasteiger partial charge on any atom is 0.227 e. The van der Waals surface area contributed by atoms with Gasteiger partial charge >= 0.3 is 0 Å². The molecule has 0 N–H and O–H groups in total. The number of carbonyl (C=O) groups excluding carboxylic acids is 1. The largest absolute Gasteiger partial charge is 0.361 e. The average molecular weight is 394 g/mol. The molecular weight excluding hydrogens is 371 g/mol. The first kappa shape index (κ1) is 19.2. The first-order chi connectivity index (χ1) is 13.9. The van der Waals surface area contributed by atoms with Crippen molar-refractivity contribution in [3.8, 4) is 11.3 Å². The Morgan fingerprint density at radius 2 is 2.03 bits per heavy atom. The standard InChI is InChI=1S/C22H23FN4O2/c1-13-22(14(2)29-26-13)19-12-18(24-15(3)25-19)20-9-6-10-27(20)21(28)11-16-7-4-5-8-17(16)23/h4-5,7-8,12,20H,6,9-11H2,1-3H3/t20-/m0/s1. The van der Waals surface area contributed by atoms with Gasteiger partial charge in [0.2, 0.25) is 5.91 Å². The van der Waals surface area contributed by atoms with E-state index in [9.17, 15) is 9.18 Å². The van der Waals surface area contributed by atoms with E-state index in [1.807, 2.05) is 31.7 Å². The maximum absolute atomic E-state index is 14.0. The van der Waals surface area contributed by atoms with Crippen LogP contribution in [-0.2, 0) is 11.2 Å². The maximum atomic E-state index is 14.0. The van der Waals surface area contributed by atoms with Crippen LogP contribution >= 0.6 is 0 Å². The third-order valence-corrected chi connectivity index (χ3v) is 5.36. The minimum absolute atomic E-state index is 0.0456. The third-order valence-electron chi connectivity index (χ3n) is 5.36. The molecule has 1 aromatic carbocycles. The van der Waals surface area contributed by atoms with Gasteiger partial charge in [-0.1, -0.05) is 23.4 Å². The Morgan fingerprint density at radius 1 is 1.24 bits per heavy atom. The van der Waals surface area contributed by atoms with Gasteiger partial charge in [-0.15, -0.1) is 0 Å². The van der Waals surface area contributed by atoms with E-state index in [1.54, 1.807) is 18.2 Å². The third kappa shape index (κ3) is 3.77. The lowest BCUT2D eigenvalue weighted by Crippen LogP contribution is -2.32. The van der Waals surface area contributed by atoms with E-state index in [-0.39, 0.29) is 24.2 Å². The Kier molecular flexibility index (Phi) is 5.13. The second-order valence-corrected chi connectivity index (χ2v) is 7.44. The van der Waals surface area contributed by atoms with Gasteiger partial charge in [-0.3, -0.25) is 4.79 Å². The summed E-state index contributed by atoms with van der Waals surface area (Å²) in [5, 5.41) is 4.01. The molecule has 0 unspecified atom stereocenters. The number of rotatable bonds is 4. The fraction of sp³-hybridized carbons (Fsp3) is 0.364. The average Bonchev–Trinajstić information content (AvgIpc) is 3.30. The minimum atomic E-state index is -0.352. The van der Waals surface area contributed by atoms with E-state index >= 15 is 0 Å². The minimum Gasteiger partial charge on any atom is -0.361 e. The van der Waals surface area contributed by atoms with Gasteiger partial charge in [0.15, 0.2) is 0 Å². The number of likely N-dealkylation sites (tertiary alicyclic amines) is 1. The van der Waals surface area contributed by atoms with Crippen LogP contribution < -0.4 is 0 Å². The molecule has 6 nitrogen and oxygen atoms in total. The molecule has 0 spiro atoms. The molecule has 0 radical (unpaired) electrons. The van der Waals surface area contributed by atoms with Gasteiger partial charge in [-0.2, -0.15) is 0 Å². The van der Waals surface area contributed by atoms with Gasteiger partial charge in [-0.05, 0) is 51.3 Å². The van der Waals surface area contributed by atoms with Crippen LogP contribution in [-0.4, -0.2) is 32.5 Å². The van der Waals surface area contributed by atoms with Crippen molar-refractivity contribution in [3.05, 3.63) is 64.7 Å². The number of nitrogens with zero attached hydrogens (tertiary/aromatic N) is 4. The highest BCUT2D eigenvalue weighted by molar-refractivity contribution is 5.79. The van der Waals surface area contributed by atoms with Crippen molar-refractivity contribution in [1.82, 2.24) is 20.0 Å². The van der Waals surface area contributed by atoms with E-state index in [4.69, 9.17) is 4.52 Å². The molecule has 3 heterocycles. The molecule has 4 rings (SSSR count). The van der Waals surface area contributed by atoms with Crippen molar-refractivity contribution in [2.45, 2.75) is 46.1 Å². The van der Waals surface area contributed by atoms with E-state index < -0.39 is 0 Å². The molecular formula is C22H23FN4O2. The Bertz CT molecular complexity index is 1040. The Hall–Kier alpha value is -3.09. The topological polar surface area (TPSA) is 72.1 Å². The molecule has 1 aliphatic rings. The molecule has 1 fully saturated rings. The number of benzene rings is 1. The quantitative estimate of drug-likeness (QED) is 0.666. The number of carbonyl (C=O) groups is 1. The van der Waals surface area contributed by atoms with Crippen LogP contribution in [0.25, 0.3) is 11.3 Å². The van der Waals surface area contributed by atoms with Crippen molar-refractivity contribution in [3.63, 3.8) is 0 Å². The fourth-order valence-corrected chi connectivity index (χ4v) is 4.02. The predicted octanol–water partition coefficient (Wildman–Crippen LogP) is 4.10. The predicted molar refractivity (Wildman–Crippen MR) is 106 cm³/mol. The lowest BCUT2D eigenvalue weighted by Gasteiger charge is -2.25. The molecule has 1 aliphatic heterocycles. The van der Waals surface area contributed by atoms with Crippen molar-refractivity contribution in [1.29, 1.82) is 0 Å². The van der Waals surface area contributed by atoms with Crippen LogP contribution in [0.2, 0.25) is 0 Å². The molecule has 150 valence electrons. The normalized spacial score (nSPS) is 16.4. The second-order valence-electron chi connectivity index (χ2n) is 7.44. The molecule has 7 heteroatoms. The van der Waals surface area contributed by atoms with Crippen LogP contribution in [0.5, 0.6) is 0 Å². The summed E-state index contributed by atoms with van der Waals surface area (Å²) >= 11 is 0. The summed E-state index contributed by atoms with van der Waals surface area (Å²) in [6.07, 6.45) is 1.75. The summed E-state index contributed by atoms with van der Waals surface area (Å²) in [6, 6.07) is 8.18.